The fraction of sp³-hybridized carbons (Fsp3) is 0.667. The Kier molecular flexibility index (Phi) is 3.00. The molecule has 0 bridgehead atoms. The maximum Gasteiger partial charge on any atom is 0.260 e. The van der Waals surface area contributed by atoms with Crippen LogP contribution in [0.25, 0.3) is 0 Å². The molecular weight excluding hydrogens is 228 g/mol. The summed E-state index contributed by atoms with van der Waals surface area (Å²) < 4.78 is 27.3. The molecule has 1 aromatic heterocycles. The molecule has 1 unspecified atom stereocenters. The van der Waals surface area contributed by atoms with Gasteiger partial charge in [0.05, 0.1) is 6.20 Å². The van der Waals surface area contributed by atoms with Gasteiger partial charge in [-0.1, -0.05) is 0 Å². The minimum absolute atomic E-state index is 0.0586. The SMILES string of the molecule is Cn1nccc1S(=O)(=O)N1CCCC(N)C1. The lowest BCUT2D eigenvalue weighted by Crippen LogP contribution is -2.46. The van der Waals surface area contributed by atoms with E-state index < -0.39 is 10.0 Å². The summed E-state index contributed by atoms with van der Waals surface area (Å²) >= 11 is 0. The topological polar surface area (TPSA) is 81.2 Å². The van der Waals surface area contributed by atoms with E-state index in [9.17, 15) is 8.42 Å². The van der Waals surface area contributed by atoms with Gasteiger partial charge in [0.1, 0.15) is 0 Å². The Bertz CT molecular complexity index is 468. The number of nitrogens with zero attached hydrogens (tertiary/aromatic N) is 3. The molecule has 7 heteroatoms. The van der Waals surface area contributed by atoms with E-state index >= 15 is 0 Å². The van der Waals surface area contributed by atoms with Crippen molar-refractivity contribution in [2.24, 2.45) is 12.8 Å². The molecule has 1 aromatic rings. The summed E-state index contributed by atoms with van der Waals surface area (Å²) in [7, 11) is -1.81. The van der Waals surface area contributed by atoms with E-state index in [1.807, 2.05) is 0 Å². The predicted molar refractivity (Wildman–Crippen MR) is 59.2 cm³/mol. The van der Waals surface area contributed by atoms with Crippen molar-refractivity contribution in [3.63, 3.8) is 0 Å². The van der Waals surface area contributed by atoms with Crippen LogP contribution in [0.15, 0.2) is 17.3 Å². The average Bonchev–Trinajstić information content (AvgIpc) is 2.65. The monoisotopic (exact) mass is 244 g/mol. The summed E-state index contributed by atoms with van der Waals surface area (Å²) in [6.07, 6.45) is 3.19. The number of aryl methyl sites for hydroxylation is 1. The normalized spacial score (nSPS) is 23.5. The lowest BCUT2D eigenvalue weighted by molar-refractivity contribution is 0.314. The Balaban J connectivity index is 2.29. The molecule has 0 spiro atoms. The molecule has 1 atom stereocenters. The summed E-state index contributed by atoms with van der Waals surface area (Å²) in [4.78, 5) is 0. The van der Waals surface area contributed by atoms with Crippen LogP contribution in [0.1, 0.15) is 12.8 Å². The Morgan fingerprint density at radius 3 is 2.88 bits per heavy atom. The lowest BCUT2D eigenvalue weighted by Gasteiger charge is -2.29. The molecule has 2 heterocycles. The van der Waals surface area contributed by atoms with Crippen molar-refractivity contribution in [3.8, 4) is 0 Å². The third-order valence-electron chi connectivity index (χ3n) is 2.80. The molecule has 16 heavy (non-hydrogen) atoms. The first kappa shape index (κ1) is 11.6. The van der Waals surface area contributed by atoms with Gasteiger partial charge in [0.2, 0.25) is 0 Å². The van der Waals surface area contributed by atoms with E-state index in [2.05, 4.69) is 5.10 Å². The van der Waals surface area contributed by atoms with Crippen LogP contribution in [0.5, 0.6) is 0 Å². The summed E-state index contributed by atoms with van der Waals surface area (Å²) in [5.41, 5.74) is 5.78. The van der Waals surface area contributed by atoms with Crippen LogP contribution in [0, 0.1) is 0 Å². The van der Waals surface area contributed by atoms with E-state index in [4.69, 9.17) is 5.73 Å². The van der Waals surface area contributed by atoms with E-state index in [0.29, 0.717) is 13.1 Å². The van der Waals surface area contributed by atoms with Crippen molar-refractivity contribution in [2.45, 2.75) is 23.9 Å². The summed E-state index contributed by atoms with van der Waals surface area (Å²) in [6, 6.07) is 1.45. The second kappa shape index (κ2) is 4.15. The van der Waals surface area contributed by atoms with Crippen molar-refractivity contribution in [1.29, 1.82) is 0 Å². The maximum absolute atomic E-state index is 12.2. The fourth-order valence-electron chi connectivity index (χ4n) is 1.94. The molecule has 1 fully saturated rings. The third kappa shape index (κ3) is 1.98. The summed E-state index contributed by atoms with van der Waals surface area (Å²) in [6.45, 7) is 0.939. The van der Waals surface area contributed by atoms with Crippen LogP contribution in [-0.4, -0.2) is 41.6 Å². The number of hydrogen-bond donors (Lipinski definition) is 1. The molecule has 1 aliphatic rings. The molecule has 90 valence electrons. The summed E-state index contributed by atoms with van der Waals surface area (Å²) in [5.74, 6) is 0. The standard InChI is InChI=1S/C9H16N4O2S/c1-12-9(4-5-11-12)16(14,15)13-6-2-3-8(10)7-13/h4-5,8H,2-3,6-7,10H2,1H3. The minimum atomic E-state index is -3.43. The number of sulfonamides is 1. The largest absolute Gasteiger partial charge is 0.327 e. The highest BCUT2D eigenvalue weighted by Gasteiger charge is 2.30. The number of hydrogen-bond acceptors (Lipinski definition) is 4. The molecule has 0 aliphatic carbocycles. The molecule has 2 rings (SSSR count). The van der Waals surface area contributed by atoms with Crippen LogP contribution >= 0.6 is 0 Å². The zero-order chi connectivity index (χ0) is 11.8. The van der Waals surface area contributed by atoms with Crippen LogP contribution in [0.4, 0.5) is 0 Å². The van der Waals surface area contributed by atoms with Gasteiger partial charge < -0.3 is 5.73 Å². The van der Waals surface area contributed by atoms with Crippen LogP contribution in [-0.2, 0) is 17.1 Å². The van der Waals surface area contributed by atoms with Gasteiger partial charge in [-0.2, -0.15) is 9.40 Å². The first-order valence-corrected chi connectivity index (χ1v) is 6.69. The highest BCUT2D eigenvalue weighted by molar-refractivity contribution is 7.89. The van der Waals surface area contributed by atoms with E-state index in [1.165, 1.54) is 21.3 Å². The first-order valence-electron chi connectivity index (χ1n) is 5.25. The fourth-order valence-corrected chi connectivity index (χ4v) is 3.57. The quantitative estimate of drug-likeness (QED) is 0.762. The Hall–Kier alpha value is -0.920. The second-order valence-corrected chi connectivity index (χ2v) is 5.94. The maximum atomic E-state index is 12.2. The second-order valence-electron chi connectivity index (χ2n) is 4.06. The Labute approximate surface area is 95.1 Å². The average molecular weight is 244 g/mol. The van der Waals surface area contributed by atoms with Crippen LogP contribution in [0.2, 0.25) is 0 Å². The Morgan fingerprint density at radius 1 is 1.56 bits per heavy atom. The highest BCUT2D eigenvalue weighted by atomic mass is 32.2. The molecule has 0 radical (unpaired) electrons. The van der Waals surface area contributed by atoms with E-state index in [1.54, 1.807) is 7.05 Å². The van der Waals surface area contributed by atoms with Gasteiger partial charge in [-0.05, 0) is 18.9 Å². The minimum Gasteiger partial charge on any atom is -0.327 e. The van der Waals surface area contributed by atoms with E-state index in [-0.39, 0.29) is 11.1 Å². The number of nitrogens with two attached hydrogens (primary N) is 1. The zero-order valence-corrected chi connectivity index (χ0v) is 10.0. The summed E-state index contributed by atoms with van der Waals surface area (Å²) in [5, 5.41) is 4.10. The van der Waals surface area contributed by atoms with Gasteiger partial charge in [0.15, 0.2) is 5.03 Å². The highest BCUT2D eigenvalue weighted by Crippen LogP contribution is 2.19. The van der Waals surface area contributed by atoms with Crippen LogP contribution < -0.4 is 5.73 Å². The van der Waals surface area contributed by atoms with Gasteiger partial charge in [0.25, 0.3) is 10.0 Å². The number of piperidine rings is 1. The van der Waals surface area contributed by atoms with Gasteiger partial charge >= 0.3 is 0 Å². The van der Waals surface area contributed by atoms with Crippen molar-refractivity contribution in [1.82, 2.24) is 14.1 Å². The van der Waals surface area contributed by atoms with Gasteiger partial charge in [-0.25, -0.2) is 8.42 Å². The molecule has 0 aromatic carbocycles. The van der Waals surface area contributed by atoms with Crippen molar-refractivity contribution in [3.05, 3.63) is 12.3 Å². The smallest absolute Gasteiger partial charge is 0.260 e. The molecule has 0 saturated carbocycles. The molecule has 6 nitrogen and oxygen atoms in total. The third-order valence-corrected chi connectivity index (χ3v) is 4.74. The van der Waals surface area contributed by atoms with Crippen molar-refractivity contribution in [2.75, 3.05) is 13.1 Å². The first-order chi connectivity index (χ1) is 7.51. The Morgan fingerprint density at radius 2 is 2.31 bits per heavy atom. The number of rotatable bonds is 2. The predicted octanol–water partition coefficient (Wildman–Crippen LogP) is -0.468. The van der Waals surface area contributed by atoms with Crippen molar-refractivity contribution >= 4 is 10.0 Å². The molecule has 1 saturated heterocycles. The van der Waals surface area contributed by atoms with E-state index in [0.717, 1.165) is 12.8 Å². The van der Waals surface area contributed by atoms with Crippen molar-refractivity contribution < 1.29 is 8.42 Å². The molecule has 0 amide bonds. The van der Waals surface area contributed by atoms with Gasteiger partial charge in [-0.3, -0.25) is 4.68 Å². The number of aromatic nitrogens is 2. The zero-order valence-electron chi connectivity index (χ0n) is 9.20. The molecule has 1 aliphatic heterocycles. The molecule has 2 N–H and O–H groups in total. The molecular formula is C9H16N4O2S. The lowest BCUT2D eigenvalue weighted by atomic mass is 10.1. The van der Waals surface area contributed by atoms with Gasteiger partial charge in [0, 0.05) is 26.2 Å². The van der Waals surface area contributed by atoms with Gasteiger partial charge in [-0.15, -0.1) is 0 Å². The van der Waals surface area contributed by atoms with Crippen LogP contribution in [0.3, 0.4) is 0 Å².